The zero-order chi connectivity index (χ0) is 20.9. The lowest BCUT2D eigenvalue weighted by Gasteiger charge is -2.10. The van der Waals surface area contributed by atoms with Crippen LogP contribution in [0.2, 0.25) is 0 Å². The van der Waals surface area contributed by atoms with Crippen molar-refractivity contribution in [3.05, 3.63) is 85.0 Å². The molecule has 30 heavy (non-hydrogen) atoms. The Morgan fingerprint density at radius 3 is 2.60 bits per heavy atom. The van der Waals surface area contributed by atoms with Crippen LogP contribution in [0.25, 0.3) is 5.82 Å². The standard InChI is InChI=1S/C20H14F2N6O2/c21-13-2-7-16(22)17(10-13)27-20(29)26-14-3-5-15(6-4-14)30-19-11-18(23-12-24-19)28-9-1-8-25-28/h1-12H,(H2,26,27,29). The van der Waals surface area contributed by atoms with Crippen molar-refractivity contribution >= 4 is 17.4 Å². The lowest BCUT2D eigenvalue weighted by atomic mass is 10.3. The molecule has 2 amide bonds. The van der Waals surface area contributed by atoms with Crippen LogP contribution in [0.4, 0.5) is 25.0 Å². The summed E-state index contributed by atoms with van der Waals surface area (Å²) in [6.45, 7) is 0. The minimum atomic E-state index is -0.741. The molecule has 2 aromatic heterocycles. The monoisotopic (exact) mass is 408 g/mol. The maximum Gasteiger partial charge on any atom is 0.323 e. The number of benzene rings is 2. The highest BCUT2D eigenvalue weighted by atomic mass is 19.1. The van der Waals surface area contributed by atoms with Crippen LogP contribution in [0.15, 0.2) is 73.3 Å². The van der Waals surface area contributed by atoms with Crippen molar-refractivity contribution in [2.45, 2.75) is 0 Å². The molecule has 0 aliphatic carbocycles. The molecule has 2 N–H and O–H groups in total. The summed E-state index contributed by atoms with van der Waals surface area (Å²) in [5.41, 5.74) is 0.167. The van der Waals surface area contributed by atoms with E-state index in [-0.39, 0.29) is 5.69 Å². The first kappa shape index (κ1) is 19.0. The number of ether oxygens (including phenoxy) is 1. The lowest BCUT2D eigenvalue weighted by Crippen LogP contribution is -2.20. The summed E-state index contributed by atoms with van der Waals surface area (Å²) in [5, 5.41) is 8.87. The van der Waals surface area contributed by atoms with Crippen molar-refractivity contribution < 1.29 is 18.3 Å². The second kappa shape index (κ2) is 8.35. The molecule has 0 aliphatic rings. The highest BCUT2D eigenvalue weighted by Gasteiger charge is 2.09. The van der Waals surface area contributed by atoms with Gasteiger partial charge in [0.05, 0.1) is 5.69 Å². The van der Waals surface area contributed by atoms with Gasteiger partial charge in [0.2, 0.25) is 5.88 Å². The van der Waals surface area contributed by atoms with Crippen molar-refractivity contribution in [1.29, 1.82) is 0 Å². The molecule has 0 radical (unpaired) electrons. The molecule has 0 unspecified atom stereocenters. The van der Waals surface area contributed by atoms with Crippen molar-refractivity contribution in [3.63, 3.8) is 0 Å². The number of nitrogens with one attached hydrogen (secondary N) is 2. The molecule has 0 fully saturated rings. The first-order valence-corrected chi connectivity index (χ1v) is 8.70. The summed E-state index contributed by atoms with van der Waals surface area (Å²) >= 11 is 0. The fraction of sp³-hybridized carbons (Fsp3) is 0. The van der Waals surface area contributed by atoms with Crippen molar-refractivity contribution in [2.75, 3.05) is 10.6 Å². The number of halogens is 2. The van der Waals surface area contributed by atoms with Crippen LogP contribution in [0, 0.1) is 11.6 Å². The third kappa shape index (κ3) is 4.55. The Labute approximate surface area is 169 Å². The van der Waals surface area contributed by atoms with Crippen LogP contribution < -0.4 is 15.4 Å². The number of urea groups is 1. The van der Waals surface area contributed by atoms with E-state index >= 15 is 0 Å². The third-order valence-electron chi connectivity index (χ3n) is 3.88. The number of amides is 2. The van der Waals surface area contributed by atoms with E-state index in [9.17, 15) is 13.6 Å². The van der Waals surface area contributed by atoms with Gasteiger partial charge < -0.3 is 15.4 Å². The van der Waals surface area contributed by atoms with E-state index in [0.29, 0.717) is 23.1 Å². The Kier molecular flexibility index (Phi) is 5.29. The predicted molar refractivity (Wildman–Crippen MR) is 105 cm³/mol. The predicted octanol–water partition coefficient (Wildman–Crippen LogP) is 4.38. The van der Waals surface area contributed by atoms with Gasteiger partial charge in [0.1, 0.15) is 23.7 Å². The molecule has 2 heterocycles. The second-order valence-electron chi connectivity index (χ2n) is 5.99. The highest BCUT2D eigenvalue weighted by molar-refractivity contribution is 5.99. The molecule has 4 aromatic rings. The van der Waals surface area contributed by atoms with E-state index in [1.807, 2.05) is 0 Å². The SMILES string of the molecule is O=C(Nc1ccc(Oc2cc(-n3cccn3)ncn2)cc1)Nc1cc(F)ccc1F. The van der Waals surface area contributed by atoms with Gasteiger partial charge in [-0.15, -0.1) is 0 Å². The maximum atomic E-state index is 13.6. The van der Waals surface area contributed by atoms with Crippen LogP contribution >= 0.6 is 0 Å². The van der Waals surface area contributed by atoms with Crippen LogP contribution in [0.3, 0.4) is 0 Å². The summed E-state index contributed by atoms with van der Waals surface area (Å²) in [5.74, 6) is -0.0643. The van der Waals surface area contributed by atoms with E-state index in [4.69, 9.17) is 4.74 Å². The number of rotatable bonds is 5. The largest absolute Gasteiger partial charge is 0.439 e. The average Bonchev–Trinajstić information content (AvgIpc) is 3.27. The summed E-state index contributed by atoms with van der Waals surface area (Å²) in [6, 6.07) is 11.9. The number of nitrogens with zero attached hydrogens (tertiary/aromatic N) is 4. The normalized spacial score (nSPS) is 10.5. The van der Waals surface area contributed by atoms with Gasteiger partial charge in [-0.3, -0.25) is 0 Å². The highest BCUT2D eigenvalue weighted by Crippen LogP contribution is 2.22. The Hall–Kier alpha value is -4.34. The van der Waals surface area contributed by atoms with Gasteiger partial charge in [-0.05, 0) is 42.5 Å². The van der Waals surface area contributed by atoms with Crippen molar-refractivity contribution in [2.24, 2.45) is 0 Å². The molecule has 0 saturated carbocycles. The van der Waals surface area contributed by atoms with Crippen molar-refractivity contribution in [3.8, 4) is 17.4 Å². The molecule has 0 spiro atoms. The van der Waals surface area contributed by atoms with Crippen molar-refractivity contribution in [1.82, 2.24) is 19.7 Å². The summed E-state index contributed by atoms with van der Waals surface area (Å²) in [7, 11) is 0. The molecular weight excluding hydrogens is 394 g/mol. The third-order valence-corrected chi connectivity index (χ3v) is 3.88. The van der Waals surface area contributed by atoms with Gasteiger partial charge in [-0.2, -0.15) is 5.10 Å². The first-order valence-electron chi connectivity index (χ1n) is 8.70. The number of carbonyl (C=O) groups excluding carboxylic acids is 1. The maximum absolute atomic E-state index is 13.6. The molecule has 8 nitrogen and oxygen atoms in total. The van der Waals surface area contributed by atoms with Gasteiger partial charge in [0.15, 0.2) is 5.82 Å². The number of carbonyl (C=O) groups is 1. The Morgan fingerprint density at radius 1 is 1.00 bits per heavy atom. The smallest absolute Gasteiger partial charge is 0.323 e. The molecule has 150 valence electrons. The van der Waals surface area contributed by atoms with E-state index in [0.717, 1.165) is 18.2 Å². The fourth-order valence-electron chi connectivity index (χ4n) is 2.52. The van der Waals surface area contributed by atoms with Crippen LogP contribution in [-0.4, -0.2) is 25.8 Å². The average molecular weight is 408 g/mol. The minimum absolute atomic E-state index is 0.260. The lowest BCUT2D eigenvalue weighted by molar-refractivity contribution is 0.262. The van der Waals surface area contributed by atoms with E-state index in [1.54, 1.807) is 53.5 Å². The molecule has 2 aromatic carbocycles. The molecular formula is C20H14F2N6O2. The quantitative estimate of drug-likeness (QED) is 0.511. The number of hydrogen-bond donors (Lipinski definition) is 2. The Bertz CT molecular complexity index is 1170. The van der Waals surface area contributed by atoms with Crippen LogP contribution in [0.5, 0.6) is 11.6 Å². The molecule has 0 saturated heterocycles. The molecule has 0 bridgehead atoms. The number of aromatic nitrogens is 4. The van der Waals surface area contributed by atoms with E-state index in [2.05, 4.69) is 25.7 Å². The summed E-state index contributed by atoms with van der Waals surface area (Å²) in [6.07, 6.45) is 4.73. The Balaban J connectivity index is 1.39. The van der Waals surface area contributed by atoms with Gasteiger partial charge in [-0.25, -0.2) is 28.2 Å². The molecule has 0 atom stereocenters. The number of anilines is 2. The Morgan fingerprint density at radius 2 is 1.83 bits per heavy atom. The minimum Gasteiger partial charge on any atom is -0.439 e. The second-order valence-corrected chi connectivity index (χ2v) is 5.99. The zero-order valence-corrected chi connectivity index (χ0v) is 15.3. The van der Waals surface area contributed by atoms with Crippen LogP contribution in [-0.2, 0) is 0 Å². The fourth-order valence-corrected chi connectivity index (χ4v) is 2.52. The van der Waals surface area contributed by atoms with Gasteiger partial charge in [0, 0.05) is 30.2 Å². The summed E-state index contributed by atoms with van der Waals surface area (Å²) in [4.78, 5) is 20.2. The molecule has 0 aliphatic heterocycles. The van der Waals surface area contributed by atoms with Gasteiger partial charge in [0.25, 0.3) is 0 Å². The van der Waals surface area contributed by atoms with E-state index < -0.39 is 17.7 Å². The molecule has 10 heteroatoms. The summed E-state index contributed by atoms with van der Waals surface area (Å²) < 4.78 is 34.1. The van der Waals surface area contributed by atoms with Gasteiger partial charge >= 0.3 is 6.03 Å². The zero-order valence-electron chi connectivity index (χ0n) is 15.3. The van der Waals surface area contributed by atoms with Crippen LogP contribution in [0.1, 0.15) is 0 Å². The number of hydrogen-bond acceptors (Lipinski definition) is 5. The topological polar surface area (TPSA) is 94.0 Å². The van der Waals surface area contributed by atoms with E-state index in [1.165, 1.54) is 6.33 Å². The first-order chi connectivity index (χ1) is 14.6. The van der Waals surface area contributed by atoms with Gasteiger partial charge in [-0.1, -0.05) is 0 Å². The molecule has 4 rings (SSSR count).